The second kappa shape index (κ2) is 32.1. The molecule has 1 aromatic rings. The Morgan fingerprint density at radius 3 is 1.59 bits per heavy atom. The van der Waals surface area contributed by atoms with Gasteiger partial charge in [-0.1, -0.05) is 106 Å². The fourth-order valence-electron chi connectivity index (χ4n) is 9.03. The maximum absolute atomic E-state index is 14.5. The van der Waals surface area contributed by atoms with Gasteiger partial charge in [0, 0.05) is 27.6 Å². The number of nitrogens with one attached hydrogen (secondary N) is 6. The Kier molecular flexibility index (Phi) is 28.0. The van der Waals surface area contributed by atoms with Crippen molar-refractivity contribution in [2.75, 3.05) is 40.9 Å². The lowest BCUT2D eigenvalue weighted by Gasteiger charge is -2.36. The molecule has 0 bridgehead atoms. The van der Waals surface area contributed by atoms with Gasteiger partial charge in [-0.25, -0.2) is 4.79 Å². The van der Waals surface area contributed by atoms with Crippen molar-refractivity contribution < 1.29 is 78.2 Å². The van der Waals surface area contributed by atoms with Gasteiger partial charge in [0.2, 0.25) is 47.3 Å². The van der Waals surface area contributed by atoms with E-state index in [0.717, 1.165) is 14.7 Å². The first kappa shape index (κ1) is 68.8. The molecule has 1 aliphatic heterocycles. The highest BCUT2D eigenvalue weighted by Gasteiger charge is 2.42. The fourth-order valence-corrected chi connectivity index (χ4v) is 9.03. The number of carbonyl (C=O) groups is 10. The molecule has 1 aromatic carbocycles. The van der Waals surface area contributed by atoms with E-state index >= 15 is 0 Å². The van der Waals surface area contributed by atoms with Crippen LogP contribution in [0, 0.1) is 29.6 Å². The summed E-state index contributed by atoms with van der Waals surface area (Å²) in [6, 6.07) is -3.04. The summed E-state index contributed by atoms with van der Waals surface area (Å²) in [5.74, 6) is -12.0. The molecular formula is C54H89N9O16. The molecule has 9 amide bonds. The number of amides is 9. The van der Waals surface area contributed by atoms with Crippen LogP contribution in [0.2, 0.25) is 0 Å². The minimum absolute atomic E-state index is 0.00747. The zero-order valence-corrected chi connectivity index (χ0v) is 48.2. The number of esters is 1. The molecule has 1 fully saturated rings. The predicted molar refractivity (Wildman–Crippen MR) is 288 cm³/mol. The van der Waals surface area contributed by atoms with Gasteiger partial charge in [0.25, 0.3) is 5.91 Å². The summed E-state index contributed by atoms with van der Waals surface area (Å²) in [7, 11) is 3.75. The molecule has 0 spiro atoms. The fraction of sp³-hybridized carbons (Fsp3) is 0.704. The number of aliphatic hydroxyl groups is 5. The molecule has 0 saturated carbocycles. The van der Waals surface area contributed by atoms with E-state index in [1.807, 2.05) is 0 Å². The average Bonchev–Trinajstić information content (AvgIpc) is 3.38. The first-order valence-electron chi connectivity index (χ1n) is 26.9. The highest BCUT2D eigenvalue weighted by Crippen LogP contribution is 2.20. The number of likely N-dealkylation sites (N-methyl/N-ethyl adjacent to an activating group) is 3. The van der Waals surface area contributed by atoms with Gasteiger partial charge in [0.1, 0.15) is 67.1 Å². The van der Waals surface area contributed by atoms with Gasteiger partial charge < -0.3 is 76.9 Å². The Labute approximate surface area is 463 Å². The van der Waals surface area contributed by atoms with Crippen LogP contribution in [0.4, 0.5) is 0 Å². The smallest absolute Gasteiger partial charge is 0.329 e. The van der Waals surface area contributed by atoms with Crippen molar-refractivity contribution in [3.63, 3.8) is 0 Å². The number of rotatable bonds is 12. The van der Waals surface area contributed by atoms with Crippen LogP contribution in [0.5, 0.6) is 0 Å². The van der Waals surface area contributed by atoms with Crippen molar-refractivity contribution in [3.8, 4) is 0 Å². The molecule has 0 radical (unpaired) electrons. The van der Waals surface area contributed by atoms with Gasteiger partial charge in [-0.3, -0.25) is 43.2 Å². The Morgan fingerprint density at radius 2 is 1.11 bits per heavy atom. The van der Waals surface area contributed by atoms with Crippen molar-refractivity contribution >= 4 is 59.1 Å². The predicted octanol–water partition coefficient (Wildman–Crippen LogP) is -2.29. The highest BCUT2D eigenvalue weighted by molar-refractivity contribution is 5.98. The largest absolute Gasteiger partial charge is 0.461 e. The Bertz CT molecular complexity index is 2230. The summed E-state index contributed by atoms with van der Waals surface area (Å²) in [6.45, 7) is 15.2. The minimum atomic E-state index is -2.44. The van der Waals surface area contributed by atoms with Gasteiger partial charge in [0.05, 0.1) is 19.3 Å². The van der Waals surface area contributed by atoms with Crippen molar-refractivity contribution in [1.29, 1.82) is 0 Å². The van der Waals surface area contributed by atoms with Gasteiger partial charge in [-0.05, 0) is 54.9 Å². The lowest BCUT2D eigenvalue weighted by atomic mass is 9.97. The summed E-state index contributed by atoms with van der Waals surface area (Å²) in [5.41, 5.74) is 0.609. The zero-order chi connectivity index (χ0) is 60.3. The van der Waals surface area contributed by atoms with Crippen LogP contribution in [0.3, 0.4) is 0 Å². The highest BCUT2D eigenvalue weighted by atomic mass is 16.5. The molecule has 0 aliphatic carbocycles. The summed E-state index contributed by atoms with van der Waals surface area (Å²) < 4.78 is 5.32. The van der Waals surface area contributed by atoms with Crippen LogP contribution in [-0.4, -0.2) is 213 Å². The second-order valence-electron chi connectivity index (χ2n) is 22.1. The maximum Gasteiger partial charge on any atom is 0.329 e. The van der Waals surface area contributed by atoms with Crippen molar-refractivity contribution in [2.45, 2.75) is 175 Å². The number of hydrogen-bond acceptors (Lipinski definition) is 16. The van der Waals surface area contributed by atoms with Crippen LogP contribution in [0.25, 0.3) is 0 Å². The molecule has 1 heterocycles. The van der Waals surface area contributed by atoms with E-state index in [1.165, 1.54) is 28.1 Å². The molecular weight excluding hydrogens is 1030 g/mol. The van der Waals surface area contributed by atoms with Crippen LogP contribution < -0.4 is 31.9 Å². The minimum Gasteiger partial charge on any atom is -0.461 e. The van der Waals surface area contributed by atoms with Crippen molar-refractivity contribution in [1.82, 2.24) is 46.6 Å². The van der Waals surface area contributed by atoms with Gasteiger partial charge in [-0.2, -0.15) is 0 Å². The summed E-state index contributed by atoms with van der Waals surface area (Å²) >= 11 is 0. The molecule has 79 heavy (non-hydrogen) atoms. The summed E-state index contributed by atoms with van der Waals surface area (Å²) in [6.07, 6.45) is -8.31. The molecule has 11 N–H and O–H groups in total. The van der Waals surface area contributed by atoms with E-state index in [9.17, 15) is 73.5 Å². The van der Waals surface area contributed by atoms with E-state index in [2.05, 4.69) is 31.9 Å². The molecule has 0 aromatic heterocycles. The maximum atomic E-state index is 14.5. The van der Waals surface area contributed by atoms with Crippen LogP contribution in [0.15, 0.2) is 30.3 Å². The molecule has 1 saturated heterocycles. The molecule has 2 unspecified atom stereocenters. The van der Waals surface area contributed by atoms with Crippen molar-refractivity contribution in [3.05, 3.63) is 35.9 Å². The molecule has 2 rings (SSSR count). The number of carbonyl (C=O) groups excluding carboxylic acids is 10. The summed E-state index contributed by atoms with van der Waals surface area (Å²) in [5, 5.41) is 69.4. The number of nitrogens with zero attached hydrogens (tertiary/aromatic N) is 3. The topological polar surface area (TPSA) is 363 Å². The summed E-state index contributed by atoms with van der Waals surface area (Å²) in [4.78, 5) is 143. The van der Waals surface area contributed by atoms with Crippen LogP contribution in [-0.2, 0) is 59.1 Å². The van der Waals surface area contributed by atoms with E-state index in [1.54, 1.807) is 99.6 Å². The Balaban J connectivity index is 2.78. The second-order valence-corrected chi connectivity index (χ2v) is 22.1. The lowest BCUT2D eigenvalue weighted by molar-refractivity contribution is -0.164. The standard InChI is InChI=1S/C54H89N9O16/c1-15-31(10)41-48(72)58-36(25-64)46(70)56-34(21-27(2)3)51(75)62(13)42(30(8)9)54(78)79-26-38(66)44(68)45(69)50(74)57-35(22-28(4)5)52(76)63(14)43(32(11)65)49(73)60-40(29(6)7)53(77)61(12)37(23-33-19-17-16-18-20-33)47(71)55-24-39(67)59-41/h16-20,27-32,34-38,40-45,64-66,68-69H,15,21-26H2,1-14H3,(H,55,71)(H,56,70)(H,57,74)(H,58,72)(H,59,67)(H,60,73)/t31?,32?,34-,35-,36-,37-,38+,40-,41-,42-,43-,44-,45+/m0/s1. The number of cyclic esters (lactones) is 1. The molecule has 25 nitrogen and oxygen atoms in total. The van der Waals surface area contributed by atoms with Crippen LogP contribution >= 0.6 is 0 Å². The molecule has 1 aliphatic rings. The first-order chi connectivity index (χ1) is 36.8. The van der Waals surface area contributed by atoms with E-state index < -0.39 is 169 Å². The molecule has 446 valence electrons. The molecule has 25 heteroatoms. The lowest BCUT2D eigenvalue weighted by Crippen LogP contribution is -2.62. The van der Waals surface area contributed by atoms with E-state index in [-0.39, 0.29) is 31.1 Å². The monoisotopic (exact) mass is 1120 g/mol. The number of aliphatic hydroxyl groups excluding tert-OH is 5. The van der Waals surface area contributed by atoms with Gasteiger partial charge >= 0.3 is 5.97 Å². The number of ether oxygens (including phenoxy) is 1. The normalized spacial score (nSPS) is 28.2. The Hall–Kier alpha value is -6.28. The Morgan fingerprint density at radius 1 is 0.595 bits per heavy atom. The third-order valence-electron chi connectivity index (χ3n) is 13.8. The SMILES string of the molecule is CCC(C)[C@@H]1NC(=O)CNC(=O)[C@H](Cc2ccccc2)N(C)C(=O)[C@H](C(C)C)NC(=O)[C@H](C(C)O)N(C)C(=O)[C@H](CC(C)C)NC(=O)[C@H](O)[C@@H](O)[C@H](O)COC(=O)[C@H](C(C)C)N(C)C(=O)[C@H](CC(C)C)NC(=O)[C@H](CO)NC1=O. The first-order valence-corrected chi connectivity index (χ1v) is 26.9. The van der Waals surface area contributed by atoms with Crippen molar-refractivity contribution in [2.24, 2.45) is 29.6 Å². The third kappa shape index (κ3) is 20.1. The van der Waals surface area contributed by atoms with Gasteiger partial charge in [0.15, 0.2) is 6.10 Å². The number of benzene rings is 1. The zero-order valence-electron chi connectivity index (χ0n) is 48.2. The number of hydrogen-bond donors (Lipinski definition) is 11. The third-order valence-corrected chi connectivity index (χ3v) is 13.8. The van der Waals surface area contributed by atoms with E-state index in [0.29, 0.717) is 12.0 Å². The average molecular weight is 1120 g/mol. The molecule has 13 atom stereocenters. The quantitative estimate of drug-likeness (QED) is 0.0982. The van der Waals surface area contributed by atoms with E-state index in [4.69, 9.17) is 4.74 Å². The van der Waals surface area contributed by atoms with Crippen LogP contribution in [0.1, 0.15) is 101 Å². The van der Waals surface area contributed by atoms with Gasteiger partial charge in [-0.15, -0.1) is 0 Å².